The molecule has 0 aliphatic carbocycles. The Morgan fingerprint density at radius 1 is 1.23 bits per heavy atom. The van der Waals surface area contributed by atoms with Gasteiger partial charge in [-0.25, -0.2) is 4.79 Å². The van der Waals surface area contributed by atoms with E-state index in [4.69, 9.17) is 0 Å². The highest BCUT2D eigenvalue weighted by atomic mass is 16.5. The fourth-order valence-corrected chi connectivity index (χ4v) is 0.790. The minimum atomic E-state index is -0.867. The number of carbonyl (C=O) groups is 2. The van der Waals surface area contributed by atoms with Crippen LogP contribution in [0.25, 0.3) is 0 Å². The summed E-state index contributed by atoms with van der Waals surface area (Å²) >= 11 is 0. The number of amides is 2. The molecule has 1 radical (unpaired) electrons. The molecular weight excluding hydrogens is 170 g/mol. The summed E-state index contributed by atoms with van der Waals surface area (Å²) in [5, 5.41) is 1.98. The zero-order valence-corrected chi connectivity index (χ0v) is 6.82. The first-order chi connectivity index (χ1) is 6.24. The molecule has 67 valence electrons. The molecule has 0 aromatic heterocycles. The van der Waals surface area contributed by atoms with Crippen molar-refractivity contribution in [3.63, 3.8) is 0 Å². The Bertz CT molecular complexity index is 308. The normalized spacial score (nSPS) is 9.00. The zero-order chi connectivity index (χ0) is 9.68. The second kappa shape index (κ2) is 4.25. The smallest absolute Gasteiger partial charge is 0.414 e. The molecule has 0 saturated carbocycles. The van der Waals surface area contributed by atoms with Gasteiger partial charge in [0.15, 0.2) is 0 Å². The lowest BCUT2D eigenvalue weighted by molar-refractivity contribution is 0.0943. The van der Waals surface area contributed by atoms with Gasteiger partial charge in [-0.2, -0.15) is 0 Å². The Hall–Kier alpha value is -1.84. The average Bonchev–Trinajstić information content (AvgIpc) is 2.19. The third kappa shape index (κ3) is 2.59. The van der Waals surface area contributed by atoms with Crippen molar-refractivity contribution in [1.29, 1.82) is 0 Å². The molecule has 0 fully saturated rings. The van der Waals surface area contributed by atoms with Crippen molar-refractivity contribution in [2.24, 2.45) is 0 Å². The van der Waals surface area contributed by atoms with Gasteiger partial charge in [-0.15, -0.1) is 0 Å². The Kier molecular flexibility index (Phi) is 3.03. The van der Waals surface area contributed by atoms with E-state index in [2.05, 4.69) is 11.8 Å². The standard InChI is InChI=1S/C9H8NO3/c1-13-9(12)10-8(11)7-5-3-2-4-6-7/h2-6H,1H2,(H,10,11,12). The summed E-state index contributed by atoms with van der Waals surface area (Å²) in [7, 11) is 2.87. The molecule has 0 aliphatic heterocycles. The highest BCUT2D eigenvalue weighted by Crippen LogP contribution is 1.97. The number of nitrogens with one attached hydrogen (secondary N) is 1. The number of hydrogen-bond donors (Lipinski definition) is 1. The molecule has 1 rings (SSSR count). The summed E-state index contributed by atoms with van der Waals surface area (Å²) in [5.74, 6) is -0.505. The Morgan fingerprint density at radius 3 is 2.38 bits per heavy atom. The van der Waals surface area contributed by atoms with Crippen LogP contribution in [-0.4, -0.2) is 12.0 Å². The number of rotatable bonds is 1. The first-order valence-corrected chi connectivity index (χ1v) is 3.56. The van der Waals surface area contributed by atoms with Crippen molar-refractivity contribution in [3.05, 3.63) is 43.0 Å². The van der Waals surface area contributed by atoms with Gasteiger partial charge in [0.05, 0.1) is 0 Å². The zero-order valence-electron chi connectivity index (χ0n) is 6.82. The van der Waals surface area contributed by atoms with Crippen LogP contribution in [0.5, 0.6) is 0 Å². The molecule has 0 aliphatic rings. The first kappa shape index (κ1) is 9.25. The van der Waals surface area contributed by atoms with Crippen molar-refractivity contribution in [2.75, 3.05) is 0 Å². The maximum atomic E-state index is 11.2. The van der Waals surface area contributed by atoms with E-state index in [-0.39, 0.29) is 0 Å². The van der Waals surface area contributed by atoms with Gasteiger partial charge in [0.25, 0.3) is 5.91 Å². The van der Waals surface area contributed by atoms with Crippen LogP contribution in [0.1, 0.15) is 10.4 Å². The number of imide groups is 1. The van der Waals surface area contributed by atoms with Crippen molar-refractivity contribution >= 4 is 12.0 Å². The first-order valence-electron chi connectivity index (χ1n) is 3.56. The molecule has 1 aromatic rings. The molecule has 1 aromatic carbocycles. The van der Waals surface area contributed by atoms with Crippen LogP contribution >= 0.6 is 0 Å². The molecule has 0 bridgehead atoms. The van der Waals surface area contributed by atoms with Gasteiger partial charge in [0, 0.05) is 5.56 Å². The third-order valence-corrected chi connectivity index (χ3v) is 1.38. The molecule has 4 nitrogen and oxygen atoms in total. The summed E-state index contributed by atoms with van der Waals surface area (Å²) in [5.41, 5.74) is 0.396. The van der Waals surface area contributed by atoms with Gasteiger partial charge in [-0.1, -0.05) is 18.2 Å². The maximum absolute atomic E-state index is 11.2. The minimum absolute atomic E-state index is 0.396. The van der Waals surface area contributed by atoms with Crippen LogP contribution < -0.4 is 5.32 Å². The highest BCUT2D eigenvalue weighted by molar-refractivity contribution is 6.02. The van der Waals surface area contributed by atoms with Crippen LogP contribution in [0, 0.1) is 7.11 Å². The number of hydrogen-bond acceptors (Lipinski definition) is 3. The van der Waals surface area contributed by atoms with E-state index in [1.54, 1.807) is 30.3 Å². The van der Waals surface area contributed by atoms with Gasteiger partial charge in [-0.05, 0) is 12.1 Å². The second-order valence-electron chi connectivity index (χ2n) is 2.25. The molecule has 0 spiro atoms. The number of ether oxygens (including phenoxy) is 1. The highest BCUT2D eigenvalue weighted by Gasteiger charge is 2.08. The largest absolute Gasteiger partial charge is 0.446 e. The summed E-state index contributed by atoms with van der Waals surface area (Å²) < 4.78 is 4.02. The van der Waals surface area contributed by atoms with Crippen molar-refractivity contribution in [3.8, 4) is 0 Å². The predicted octanol–water partition coefficient (Wildman–Crippen LogP) is 1.34. The van der Waals surface area contributed by atoms with Crippen molar-refractivity contribution < 1.29 is 14.3 Å². The van der Waals surface area contributed by atoms with E-state index in [0.717, 1.165) is 0 Å². The van der Waals surface area contributed by atoms with E-state index < -0.39 is 12.0 Å². The Labute approximate surface area is 75.5 Å². The topological polar surface area (TPSA) is 55.4 Å². The summed E-state index contributed by atoms with van der Waals surface area (Å²) in [6, 6.07) is 8.35. The van der Waals surface area contributed by atoms with Gasteiger partial charge in [0.2, 0.25) is 0 Å². The quantitative estimate of drug-likeness (QED) is 0.706. The molecule has 0 saturated heterocycles. The Balaban J connectivity index is 2.65. The molecular formula is C9H8NO3. The van der Waals surface area contributed by atoms with Crippen LogP contribution in [-0.2, 0) is 4.74 Å². The van der Waals surface area contributed by atoms with E-state index in [1.807, 2.05) is 5.32 Å². The third-order valence-electron chi connectivity index (χ3n) is 1.38. The van der Waals surface area contributed by atoms with Crippen LogP contribution in [0.15, 0.2) is 30.3 Å². The van der Waals surface area contributed by atoms with Crippen LogP contribution in [0.4, 0.5) is 4.79 Å². The van der Waals surface area contributed by atoms with Crippen LogP contribution in [0.3, 0.4) is 0 Å². The van der Waals surface area contributed by atoms with E-state index >= 15 is 0 Å². The molecule has 0 atom stereocenters. The van der Waals surface area contributed by atoms with Crippen molar-refractivity contribution in [1.82, 2.24) is 5.32 Å². The lowest BCUT2D eigenvalue weighted by Gasteiger charge is -2.00. The minimum Gasteiger partial charge on any atom is -0.446 e. The van der Waals surface area contributed by atoms with Gasteiger partial charge in [0.1, 0.15) is 7.11 Å². The van der Waals surface area contributed by atoms with E-state index in [1.165, 1.54) is 0 Å². The fourth-order valence-electron chi connectivity index (χ4n) is 0.790. The van der Waals surface area contributed by atoms with E-state index in [0.29, 0.717) is 5.56 Å². The summed E-state index contributed by atoms with van der Waals surface area (Å²) in [6.45, 7) is 0. The van der Waals surface area contributed by atoms with Gasteiger partial charge < -0.3 is 4.74 Å². The molecule has 4 heteroatoms. The monoisotopic (exact) mass is 178 g/mol. The summed E-state index contributed by atoms with van der Waals surface area (Å²) in [6.07, 6.45) is -0.867. The molecule has 0 unspecified atom stereocenters. The molecule has 0 heterocycles. The number of carbonyl (C=O) groups excluding carboxylic acids is 2. The van der Waals surface area contributed by atoms with E-state index in [9.17, 15) is 9.59 Å². The van der Waals surface area contributed by atoms with Gasteiger partial charge in [-0.3, -0.25) is 10.1 Å². The molecule has 1 N–H and O–H groups in total. The number of benzene rings is 1. The van der Waals surface area contributed by atoms with Crippen LogP contribution in [0.2, 0.25) is 0 Å². The lowest BCUT2D eigenvalue weighted by atomic mass is 10.2. The SMILES string of the molecule is [CH2]OC(=O)NC(=O)c1ccccc1. The van der Waals surface area contributed by atoms with Gasteiger partial charge >= 0.3 is 6.09 Å². The second-order valence-corrected chi connectivity index (χ2v) is 2.25. The lowest BCUT2D eigenvalue weighted by Crippen LogP contribution is -2.29. The molecule has 2 amide bonds. The summed E-state index contributed by atoms with van der Waals surface area (Å²) in [4.78, 5) is 21.8. The van der Waals surface area contributed by atoms with Crippen molar-refractivity contribution in [2.45, 2.75) is 0 Å². The Morgan fingerprint density at radius 2 is 1.85 bits per heavy atom. The number of alkyl carbamates (subject to hydrolysis) is 1. The molecule has 13 heavy (non-hydrogen) atoms. The predicted molar refractivity (Wildman–Crippen MR) is 45.7 cm³/mol. The average molecular weight is 178 g/mol. The fraction of sp³-hybridized carbons (Fsp3) is 0. The maximum Gasteiger partial charge on any atom is 0.414 e.